The maximum absolute atomic E-state index is 13.2. The molecule has 0 aliphatic carbocycles. The molecule has 4 rings (SSSR count). The van der Waals surface area contributed by atoms with Crippen molar-refractivity contribution in [2.75, 3.05) is 12.0 Å². The molecular weight excluding hydrogens is 318 g/mol. The Balaban J connectivity index is 2.01. The second-order valence-electron chi connectivity index (χ2n) is 7.19. The van der Waals surface area contributed by atoms with Crippen LogP contribution in [0.1, 0.15) is 58.2 Å². The van der Waals surface area contributed by atoms with Crippen molar-refractivity contribution in [2.24, 2.45) is 0 Å². The van der Waals surface area contributed by atoms with E-state index in [1.165, 1.54) is 6.07 Å². The highest BCUT2D eigenvalue weighted by molar-refractivity contribution is 6.17. The lowest BCUT2D eigenvalue weighted by Gasteiger charge is -2.42. The SMILES string of the molecule is COc1cccc2c1N1C(=O)c3c(C(=O)[O-])cccc3[C@H]1CC2(C)C. The van der Waals surface area contributed by atoms with Crippen LogP contribution in [-0.4, -0.2) is 19.0 Å². The Labute approximate surface area is 145 Å². The predicted octanol–water partition coefficient (Wildman–Crippen LogP) is 2.44. The quantitative estimate of drug-likeness (QED) is 0.845. The number of anilines is 1. The monoisotopic (exact) mass is 336 g/mol. The highest BCUT2D eigenvalue weighted by atomic mass is 16.5. The van der Waals surface area contributed by atoms with Crippen LogP contribution in [0.2, 0.25) is 0 Å². The first-order chi connectivity index (χ1) is 11.9. The zero-order valence-corrected chi connectivity index (χ0v) is 14.3. The molecule has 2 aromatic rings. The first kappa shape index (κ1) is 15.7. The van der Waals surface area contributed by atoms with E-state index in [1.54, 1.807) is 18.1 Å². The van der Waals surface area contributed by atoms with E-state index in [-0.39, 0.29) is 28.5 Å². The minimum atomic E-state index is -1.33. The van der Waals surface area contributed by atoms with Crippen molar-refractivity contribution < 1.29 is 19.4 Å². The molecule has 5 heteroatoms. The molecule has 0 radical (unpaired) electrons. The standard InChI is InChI=1S/C20H19NO4/c1-20(2)10-14-11-6-4-7-12(19(23)24)16(11)18(22)21(14)17-13(20)8-5-9-15(17)25-3/h4-9,14H,10H2,1-3H3,(H,23,24)/p-1/t14-/m1/s1. The van der Waals surface area contributed by atoms with E-state index < -0.39 is 5.97 Å². The van der Waals surface area contributed by atoms with Crippen LogP contribution in [0.5, 0.6) is 5.75 Å². The molecule has 5 nitrogen and oxygen atoms in total. The molecular formula is C20H18NO4-. The van der Waals surface area contributed by atoms with Gasteiger partial charge in [0.2, 0.25) is 0 Å². The van der Waals surface area contributed by atoms with Gasteiger partial charge < -0.3 is 14.6 Å². The molecule has 1 atom stereocenters. The van der Waals surface area contributed by atoms with Crippen molar-refractivity contribution in [1.82, 2.24) is 0 Å². The van der Waals surface area contributed by atoms with Crippen LogP contribution < -0.4 is 14.7 Å². The lowest BCUT2D eigenvalue weighted by atomic mass is 9.74. The summed E-state index contributed by atoms with van der Waals surface area (Å²) in [7, 11) is 1.58. The normalized spacial score (nSPS) is 19.9. The number of carbonyl (C=O) groups excluding carboxylic acids is 2. The molecule has 128 valence electrons. The molecule has 0 saturated heterocycles. The summed E-state index contributed by atoms with van der Waals surface area (Å²) in [6, 6.07) is 10.5. The number of rotatable bonds is 2. The Morgan fingerprint density at radius 3 is 2.64 bits per heavy atom. The Hall–Kier alpha value is -2.82. The molecule has 0 spiro atoms. The number of carbonyl (C=O) groups is 2. The van der Waals surface area contributed by atoms with E-state index in [9.17, 15) is 14.7 Å². The van der Waals surface area contributed by atoms with Crippen molar-refractivity contribution in [1.29, 1.82) is 0 Å². The summed E-state index contributed by atoms with van der Waals surface area (Å²) in [6.45, 7) is 4.27. The Bertz CT molecular complexity index is 916. The third-order valence-corrected chi connectivity index (χ3v) is 5.31. The molecule has 0 bridgehead atoms. The molecule has 0 aromatic heterocycles. The number of nitrogens with zero attached hydrogens (tertiary/aromatic N) is 1. The minimum Gasteiger partial charge on any atom is -0.545 e. The molecule has 2 aromatic carbocycles. The van der Waals surface area contributed by atoms with Crippen LogP contribution in [0.25, 0.3) is 0 Å². The maximum Gasteiger partial charge on any atom is 0.260 e. The van der Waals surface area contributed by atoms with Gasteiger partial charge in [-0.1, -0.05) is 44.2 Å². The molecule has 0 fully saturated rings. The van der Waals surface area contributed by atoms with Crippen LogP contribution in [-0.2, 0) is 5.41 Å². The average Bonchev–Trinajstić information content (AvgIpc) is 2.86. The molecule has 0 N–H and O–H groups in total. The second-order valence-corrected chi connectivity index (χ2v) is 7.19. The number of methoxy groups -OCH3 is 1. The number of carboxylic acids is 1. The van der Waals surface area contributed by atoms with E-state index in [4.69, 9.17) is 4.74 Å². The minimum absolute atomic E-state index is 0.0499. The average molecular weight is 336 g/mol. The fourth-order valence-corrected chi connectivity index (χ4v) is 4.19. The topological polar surface area (TPSA) is 69.7 Å². The van der Waals surface area contributed by atoms with Crippen LogP contribution in [0.4, 0.5) is 5.69 Å². The summed E-state index contributed by atoms with van der Waals surface area (Å²) >= 11 is 0. The van der Waals surface area contributed by atoms with E-state index in [1.807, 2.05) is 24.3 Å². The van der Waals surface area contributed by atoms with Gasteiger partial charge in [0.05, 0.1) is 30.4 Å². The largest absolute Gasteiger partial charge is 0.545 e. The zero-order valence-electron chi connectivity index (χ0n) is 14.3. The number of amides is 1. The van der Waals surface area contributed by atoms with Crippen molar-refractivity contribution in [3.05, 3.63) is 58.7 Å². The number of ether oxygens (including phenoxy) is 1. The molecule has 2 heterocycles. The summed E-state index contributed by atoms with van der Waals surface area (Å²) in [5, 5.41) is 11.5. The predicted molar refractivity (Wildman–Crippen MR) is 91.0 cm³/mol. The van der Waals surface area contributed by atoms with Crippen LogP contribution in [0.3, 0.4) is 0 Å². The third-order valence-electron chi connectivity index (χ3n) is 5.31. The van der Waals surface area contributed by atoms with Crippen LogP contribution in [0.15, 0.2) is 36.4 Å². The Kier molecular flexibility index (Phi) is 3.19. The smallest absolute Gasteiger partial charge is 0.260 e. The number of para-hydroxylation sites is 1. The lowest BCUT2D eigenvalue weighted by Crippen LogP contribution is -2.39. The van der Waals surface area contributed by atoms with Gasteiger partial charge in [0, 0.05) is 5.56 Å². The van der Waals surface area contributed by atoms with Gasteiger partial charge in [0.1, 0.15) is 5.75 Å². The van der Waals surface area contributed by atoms with Crippen LogP contribution >= 0.6 is 0 Å². The fraction of sp³-hybridized carbons (Fsp3) is 0.300. The van der Waals surface area contributed by atoms with Gasteiger partial charge in [-0.05, 0) is 29.0 Å². The van der Waals surface area contributed by atoms with Gasteiger partial charge in [-0.25, -0.2) is 0 Å². The Morgan fingerprint density at radius 2 is 1.96 bits per heavy atom. The van der Waals surface area contributed by atoms with E-state index in [0.29, 0.717) is 12.2 Å². The summed E-state index contributed by atoms with van der Waals surface area (Å²) in [6.07, 6.45) is 0.711. The van der Waals surface area contributed by atoms with Gasteiger partial charge in [0.25, 0.3) is 5.91 Å². The van der Waals surface area contributed by atoms with Crippen molar-refractivity contribution in [2.45, 2.75) is 31.7 Å². The number of carboxylic acid groups (broad SMARTS) is 1. The molecule has 1 amide bonds. The zero-order chi connectivity index (χ0) is 17.9. The molecule has 2 aliphatic heterocycles. The van der Waals surface area contributed by atoms with E-state index in [2.05, 4.69) is 13.8 Å². The summed E-state index contributed by atoms with van der Waals surface area (Å²) in [5.74, 6) is -1.02. The van der Waals surface area contributed by atoms with Gasteiger partial charge in [0.15, 0.2) is 0 Å². The second kappa shape index (κ2) is 5.09. The lowest BCUT2D eigenvalue weighted by molar-refractivity contribution is -0.255. The van der Waals surface area contributed by atoms with E-state index in [0.717, 1.165) is 16.8 Å². The molecule has 2 aliphatic rings. The molecule has 0 saturated carbocycles. The first-order valence-corrected chi connectivity index (χ1v) is 8.22. The van der Waals surface area contributed by atoms with Crippen molar-refractivity contribution in [3.8, 4) is 5.75 Å². The van der Waals surface area contributed by atoms with E-state index >= 15 is 0 Å². The first-order valence-electron chi connectivity index (χ1n) is 8.22. The van der Waals surface area contributed by atoms with Gasteiger partial charge in [-0.2, -0.15) is 0 Å². The van der Waals surface area contributed by atoms with Crippen molar-refractivity contribution in [3.63, 3.8) is 0 Å². The number of benzene rings is 2. The van der Waals surface area contributed by atoms with Gasteiger partial charge >= 0.3 is 0 Å². The van der Waals surface area contributed by atoms with Gasteiger partial charge in [-0.3, -0.25) is 9.69 Å². The number of aromatic carboxylic acids is 1. The maximum atomic E-state index is 13.2. The summed E-state index contributed by atoms with van der Waals surface area (Å²) in [5.41, 5.74) is 2.52. The third kappa shape index (κ3) is 2.02. The summed E-state index contributed by atoms with van der Waals surface area (Å²) in [4.78, 5) is 26.4. The van der Waals surface area contributed by atoms with Crippen LogP contribution in [0, 0.1) is 0 Å². The summed E-state index contributed by atoms with van der Waals surface area (Å²) < 4.78 is 5.52. The molecule has 0 unspecified atom stereocenters. The van der Waals surface area contributed by atoms with Crippen molar-refractivity contribution >= 4 is 17.6 Å². The molecule has 25 heavy (non-hydrogen) atoms. The van der Waals surface area contributed by atoms with Gasteiger partial charge in [-0.15, -0.1) is 0 Å². The number of hydrogen-bond donors (Lipinski definition) is 0. The fourth-order valence-electron chi connectivity index (χ4n) is 4.19. The number of fused-ring (bicyclic) bond motifs is 5. The Morgan fingerprint density at radius 1 is 1.24 bits per heavy atom. The highest BCUT2D eigenvalue weighted by Crippen LogP contribution is 2.55. The highest BCUT2D eigenvalue weighted by Gasteiger charge is 2.48. The number of hydrogen-bond acceptors (Lipinski definition) is 4.